The summed E-state index contributed by atoms with van der Waals surface area (Å²) in [6.07, 6.45) is 1.46. The van der Waals surface area contributed by atoms with E-state index in [1.807, 2.05) is 12.1 Å². The summed E-state index contributed by atoms with van der Waals surface area (Å²) in [5.74, 6) is -0.156. The predicted molar refractivity (Wildman–Crippen MR) is 98.4 cm³/mol. The van der Waals surface area contributed by atoms with Gasteiger partial charge in [-0.15, -0.1) is 0 Å². The molecule has 1 fully saturated rings. The third-order valence-corrected chi connectivity index (χ3v) is 4.30. The van der Waals surface area contributed by atoms with Gasteiger partial charge in [-0.2, -0.15) is 0 Å². The number of hydrogen-bond acceptors (Lipinski definition) is 5. The molecular weight excluding hydrogens is 332 g/mol. The van der Waals surface area contributed by atoms with E-state index in [4.69, 9.17) is 10.5 Å². The van der Waals surface area contributed by atoms with E-state index in [0.29, 0.717) is 37.5 Å². The van der Waals surface area contributed by atoms with Crippen LogP contribution in [0.3, 0.4) is 0 Å². The molecule has 1 saturated heterocycles. The van der Waals surface area contributed by atoms with E-state index in [2.05, 4.69) is 10.3 Å². The average Bonchev–Trinajstić information content (AvgIpc) is 2.66. The number of anilines is 1. The second kappa shape index (κ2) is 7.97. The predicted octanol–water partition coefficient (Wildman–Crippen LogP) is 1.31. The molecule has 26 heavy (non-hydrogen) atoms. The van der Waals surface area contributed by atoms with Gasteiger partial charge in [0.15, 0.2) is 0 Å². The van der Waals surface area contributed by atoms with Crippen LogP contribution in [0.1, 0.15) is 17.3 Å². The molecule has 7 nitrogen and oxygen atoms in total. The zero-order valence-corrected chi connectivity index (χ0v) is 14.6. The third kappa shape index (κ3) is 4.37. The lowest BCUT2D eigenvalue weighted by molar-refractivity contribution is -0.136. The number of carbonyl (C=O) groups is 2. The number of nitrogens with two attached hydrogens (primary N) is 1. The minimum atomic E-state index is -0.188. The second-order valence-corrected chi connectivity index (χ2v) is 6.22. The highest BCUT2D eigenvalue weighted by atomic mass is 16.5. The SMILES string of the molecule is CC(=O)N1CCO[C@H](CNC(=O)c2ccc(-c3cc(N)ccn3)cc2)C1. The maximum atomic E-state index is 12.3. The third-order valence-electron chi connectivity index (χ3n) is 4.30. The Bertz CT molecular complexity index is 792. The molecular formula is C19H22N4O3. The Kier molecular flexibility index (Phi) is 5.48. The minimum absolute atomic E-state index is 0.0235. The van der Waals surface area contributed by atoms with E-state index in [0.717, 1.165) is 11.3 Å². The lowest BCUT2D eigenvalue weighted by Gasteiger charge is -2.32. The van der Waals surface area contributed by atoms with Gasteiger partial charge >= 0.3 is 0 Å². The summed E-state index contributed by atoms with van der Waals surface area (Å²) >= 11 is 0. The molecule has 2 heterocycles. The van der Waals surface area contributed by atoms with Crippen molar-refractivity contribution in [3.05, 3.63) is 48.2 Å². The Morgan fingerprint density at radius 1 is 1.31 bits per heavy atom. The van der Waals surface area contributed by atoms with Crippen molar-refractivity contribution in [3.63, 3.8) is 0 Å². The molecule has 3 N–H and O–H groups in total. The smallest absolute Gasteiger partial charge is 0.251 e. The van der Waals surface area contributed by atoms with Gasteiger partial charge in [0.05, 0.1) is 18.4 Å². The van der Waals surface area contributed by atoms with Crippen molar-refractivity contribution in [1.82, 2.24) is 15.2 Å². The normalized spacial score (nSPS) is 17.0. The molecule has 1 atom stereocenters. The van der Waals surface area contributed by atoms with Crippen molar-refractivity contribution in [2.45, 2.75) is 13.0 Å². The number of aromatic nitrogens is 1. The maximum Gasteiger partial charge on any atom is 0.251 e. The van der Waals surface area contributed by atoms with E-state index in [9.17, 15) is 9.59 Å². The molecule has 0 saturated carbocycles. The molecule has 0 unspecified atom stereocenters. The maximum absolute atomic E-state index is 12.3. The lowest BCUT2D eigenvalue weighted by atomic mass is 10.1. The molecule has 136 valence electrons. The van der Waals surface area contributed by atoms with Crippen molar-refractivity contribution in [2.24, 2.45) is 0 Å². The van der Waals surface area contributed by atoms with Gasteiger partial charge in [-0.1, -0.05) is 12.1 Å². The fraction of sp³-hybridized carbons (Fsp3) is 0.316. The Hall–Kier alpha value is -2.93. The first-order valence-electron chi connectivity index (χ1n) is 8.50. The van der Waals surface area contributed by atoms with E-state index in [-0.39, 0.29) is 17.9 Å². The molecule has 1 aromatic carbocycles. The number of amides is 2. The lowest BCUT2D eigenvalue weighted by Crippen LogP contribution is -2.49. The minimum Gasteiger partial charge on any atom is -0.399 e. The molecule has 1 aliphatic rings. The Morgan fingerprint density at radius 3 is 2.77 bits per heavy atom. The standard InChI is InChI=1S/C19H22N4O3/c1-13(24)23-8-9-26-17(12-23)11-22-19(25)15-4-2-14(3-5-15)18-10-16(20)6-7-21-18/h2-7,10,17H,8-9,11-12H2,1H3,(H2,20,21)(H,22,25)/t17-/m1/s1. The van der Waals surface area contributed by atoms with Gasteiger partial charge < -0.3 is 20.7 Å². The molecule has 2 amide bonds. The monoisotopic (exact) mass is 354 g/mol. The van der Waals surface area contributed by atoms with E-state index in [1.54, 1.807) is 35.4 Å². The number of nitrogen functional groups attached to an aromatic ring is 1. The van der Waals surface area contributed by atoms with Crippen molar-refractivity contribution >= 4 is 17.5 Å². The highest BCUT2D eigenvalue weighted by molar-refractivity contribution is 5.94. The Morgan fingerprint density at radius 2 is 2.08 bits per heavy atom. The van der Waals surface area contributed by atoms with Gasteiger partial charge in [0.1, 0.15) is 0 Å². The van der Waals surface area contributed by atoms with Crippen molar-refractivity contribution in [3.8, 4) is 11.3 Å². The summed E-state index contributed by atoms with van der Waals surface area (Å²) in [4.78, 5) is 29.8. The van der Waals surface area contributed by atoms with Crippen LogP contribution in [0.5, 0.6) is 0 Å². The van der Waals surface area contributed by atoms with Crippen LogP contribution in [0.4, 0.5) is 5.69 Å². The van der Waals surface area contributed by atoms with Gasteiger partial charge in [-0.05, 0) is 24.3 Å². The van der Waals surface area contributed by atoms with Gasteiger partial charge in [-0.25, -0.2) is 0 Å². The number of pyridine rings is 1. The summed E-state index contributed by atoms with van der Waals surface area (Å²) in [6.45, 7) is 3.48. The highest BCUT2D eigenvalue weighted by Gasteiger charge is 2.22. The van der Waals surface area contributed by atoms with Gasteiger partial charge in [-0.3, -0.25) is 14.6 Å². The summed E-state index contributed by atoms with van der Waals surface area (Å²) in [5.41, 5.74) is 8.62. The first-order chi connectivity index (χ1) is 12.5. The fourth-order valence-corrected chi connectivity index (χ4v) is 2.83. The zero-order chi connectivity index (χ0) is 18.5. The number of carbonyl (C=O) groups excluding carboxylic acids is 2. The van der Waals surface area contributed by atoms with Gasteiger partial charge in [0, 0.05) is 49.6 Å². The van der Waals surface area contributed by atoms with Crippen molar-refractivity contribution in [2.75, 3.05) is 32.0 Å². The second-order valence-electron chi connectivity index (χ2n) is 6.22. The largest absolute Gasteiger partial charge is 0.399 e. The number of rotatable bonds is 4. The summed E-state index contributed by atoms with van der Waals surface area (Å²) < 4.78 is 5.60. The van der Waals surface area contributed by atoms with Crippen LogP contribution in [0.15, 0.2) is 42.6 Å². The van der Waals surface area contributed by atoms with Crippen LogP contribution in [0.25, 0.3) is 11.3 Å². The molecule has 0 aliphatic carbocycles. The molecule has 2 aromatic rings. The van der Waals surface area contributed by atoms with Crippen LogP contribution in [-0.2, 0) is 9.53 Å². The van der Waals surface area contributed by atoms with E-state index in [1.165, 1.54) is 6.92 Å². The number of nitrogens with one attached hydrogen (secondary N) is 1. The van der Waals surface area contributed by atoms with Crippen LogP contribution in [-0.4, -0.2) is 54.0 Å². The van der Waals surface area contributed by atoms with Crippen LogP contribution >= 0.6 is 0 Å². The van der Waals surface area contributed by atoms with Crippen LogP contribution in [0.2, 0.25) is 0 Å². The molecule has 0 radical (unpaired) electrons. The van der Waals surface area contributed by atoms with Crippen LogP contribution < -0.4 is 11.1 Å². The summed E-state index contributed by atoms with van der Waals surface area (Å²) in [6, 6.07) is 10.7. The average molecular weight is 354 g/mol. The summed E-state index contributed by atoms with van der Waals surface area (Å²) in [5, 5.41) is 2.86. The zero-order valence-electron chi connectivity index (χ0n) is 14.6. The Balaban J connectivity index is 1.57. The van der Waals surface area contributed by atoms with Gasteiger partial charge in [0.2, 0.25) is 5.91 Å². The number of hydrogen-bond donors (Lipinski definition) is 2. The molecule has 0 spiro atoms. The van der Waals surface area contributed by atoms with E-state index < -0.39 is 0 Å². The molecule has 0 bridgehead atoms. The topological polar surface area (TPSA) is 97.5 Å². The fourth-order valence-electron chi connectivity index (χ4n) is 2.83. The highest BCUT2D eigenvalue weighted by Crippen LogP contribution is 2.19. The van der Waals surface area contributed by atoms with Crippen LogP contribution in [0, 0.1) is 0 Å². The Labute approximate surface area is 152 Å². The van der Waals surface area contributed by atoms with Gasteiger partial charge in [0.25, 0.3) is 5.91 Å². The quantitative estimate of drug-likeness (QED) is 0.863. The van der Waals surface area contributed by atoms with Crippen molar-refractivity contribution < 1.29 is 14.3 Å². The number of benzene rings is 1. The molecule has 7 heteroatoms. The number of nitrogens with zero attached hydrogens (tertiary/aromatic N) is 2. The van der Waals surface area contributed by atoms with Crippen molar-refractivity contribution in [1.29, 1.82) is 0 Å². The summed E-state index contributed by atoms with van der Waals surface area (Å²) in [7, 11) is 0. The molecule has 1 aromatic heterocycles. The first kappa shape index (κ1) is 17.9. The van der Waals surface area contributed by atoms with E-state index >= 15 is 0 Å². The number of morpholine rings is 1. The molecule has 1 aliphatic heterocycles. The number of ether oxygens (including phenoxy) is 1. The molecule has 3 rings (SSSR count). The first-order valence-corrected chi connectivity index (χ1v) is 8.50.